The molecular formula is C25H31NO4S. The monoisotopic (exact) mass is 441 g/mol. The lowest BCUT2D eigenvalue weighted by Crippen LogP contribution is -2.48. The van der Waals surface area contributed by atoms with Crippen molar-refractivity contribution in [3.8, 4) is 0 Å². The first-order valence-electron chi connectivity index (χ1n) is 10.5. The number of carbonyl (C=O) groups is 3. The van der Waals surface area contributed by atoms with E-state index in [1.807, 2.05) is 81.4 Å². The lowest BCUT2D eigenvalue weighted by molar-refractivity contribution is -0.150. The molecule has 0 fully saturated rings. The van der Waals surface area contributed by atoms with E-state index in [9.17, 15) is 14.4 Å². The van der Waals surface area contributed by atoms with Gasteiger partial charge in [-0.05, 0) is 23.0 Å². The Labute approximate surface area is 189 Å². The number of hydrogen-bond donors (Lipinski definition) is 1. The Morgan fingerprint density at radius 3 is 2.06 bits per heavy atom. The van der Waals surface area contributed by atoms with Gasteiger partial charge < -0.3 is 10.1 Å². The van der Waals surface area contributed by atoms with Gasteiger partial charge >= 0.3 is 5.97 Å². The minimum absolute atomic E-state index is 0.0410. The zero-order valence-electron chi connectivity index (χ0n) is 18.5. The minimum atomic E-state index is -0.760. The van der Waals surface area contributed by atoms with Crippen LogP contribution in [0.1, 0.15) is 44.7 Å². The molecule has 1 N–H and O–H groups in total. The van der Waals surface area contributed by atoms with E-state index in [-0.39, 0.29) is 29.5 Å². The molecule has 2 aromatic rings. The Hall–Kier alpha value is -2.60. The molecule has 2 unspecified atom stereocenters. The highest BCUT2D eigenvalue weighted by Crippen LogP contribution is 2.28. The predicted octanol–water partition coefficient (Wildman–Crippen LogP) is 4.57. The average Bonchev–Trinajstić information content (AvgIpc) is 2.76. The van der Waals surface area contributed by atoms with Gasteiger partial charge in [-0.2, -0.15) is 0 Å². The van der Waals surface area contributed by atoms with Crippen molar-refractivity contribution < 1.29 is 19.1 Å². The summed E-state index contributed by atoms with van der Waals surface area (Å²) in [5.41, 5.74) is 1.90. The molecule has 31 heavy (non-hydrogen) atoms. The number of rotatable bonds is 10. The summed E-state index contributed by atoms with van der Waals surface area (Å²) in [6, 6.07) is 18.4. The van der Waals surface area contributed by atoms with E-state index in [2.05, 4.69) is 5.32 Å². The van der Waals surface area contributed by atoms with Crippen molar-refractivity contribution in [2.75, 3.05) is 5.75 Å². The fraction of sp³-hybridized carbons (Fsp3) is 0.400. The van der Waals surface area contributed by atoms with E-state index in [0.717, 1.165) is 22.9 Å². The molecule has 2 rings (SSSR count). The van der Waals surface area contributed by atoms with Gasteiger partial charge in [0.2, 0.25) is 5.91 Å². The van der Waals surface area contributed by atoms with Crippen LogP contribution in [0, 0.1) is 11.8 Å². The van der Waals surface area contributed by atoms with Gasteiger partial charge in [0.25, 0.3) is 0 Å². The number of hydrogen-bond acceptors (Lipinski definition) is 5. The summed E-state index contributed by atoms with van der Waals surface area (Å²) in [6.45, 7) is 7.36. The summed E-state index contributed by atoms with van der Waals surface area (Å²) in [5, 5.41) is 2.85. The summed E-state index contributed by atoms with van der Waals surface area (Å²) in [7, 11) is 0. The van der Waals surface area contributed by atoms with Crippen LogP contribution in [0.3, 0.4) is 0 Å². The molecule has 0 saturated carbocycles. The topological polar surface area (TPSA) is 72.5 Å². The summed E-state index contributed by atoms with van der Waals surface area (Å²) in [6.07, 6.45) is 0. The van der Waals surface area contributed by atoms with Crippen molar-refractivity contribution in [2.45, 2.75) is 46.3 Å². The molecule has 0 spiro atoms. The predicted molar refractivity (Wildman–Crippen MR) is 124 cm³/mol. The van der Waals surface area contributed by atoms with Gasteiger partial charge in [-0.25, -0.2) is 4.79 Å². The van der Waals surface area contributed by atoms with Crippen molar-refractivity contribution in [2.24, 2.45) is 11.8 Å². The average molecular weight is 442 g/mol. The third-order valence-electron chi connectivity index (χ3n) is 5.17. The first-order chi connectivity index (χ1) is 14.8. The maximum atomic E-state index is 13.2. The van der Waals surface area contributed by atoms with Crippen LogP contribution >= 0.6 is 11.8 Å². The molecule has 0 radical (unpaired) electrons. The van der Waals surface area contributed by atoms with Gasteiger partial charge in [0.05, 0.1) is 5.92 Å². The number of nitrogens with one attached hydrogen (secondary N) is 1. The van der Waals surface area contributed by atoms with Crippen molar-refractivity contribution >= 4 is 28.8 Å². The highest BCUT2D eigenvalue weighted by atomic mass is 32.2. The standard InChI is InChI=1S/C25H31NO4S/c1-17(2)23(25(29)30-15-20-11-7-5-8-12-20)26-24(28)22(16-31-19(4)27)18(3)21-13-9-6-10-14-21/h5-14,17-18,22-23H,15-16H2,1-4H3,(H,26,28)/t18?,22?,23-/m0/s1. The number of thioether (sulfide) groups is 1. The summed E-state index contributed by atoms with van der Waals surface area (Å²) in [4.78, 5) is 37.5. The van der Waals surface area contributed by atoms with Crippen LogP contribution in [0.15, 0.2) is 60.7 Å². The fourth-order valence-corrected chi connectivity index (χ4v) is 4.07. The second kappa shape index (κ2) is 12.3. The largest absolute Gasteiger partial charge is 0.459 e. The van der Waals surface area contributed by atoms with Crippen molar-refractivity contribution in [1.82, 2.24) is 5.32 Å². The van der Waals surface area contributed by atoms with Crippen LogP contribution in [-0.2, 0) is 25.7 Å². The Morgan fingerprint density at radius 1 is 0.935 bits per heavy atom. The van der Waals surface area contributed by atoms with E-state index < -0.39 is 17.9 Å². The molecule has 0 aliphatic carbocycles. The van der Waals surface area contributed by atoms with E-state index in [1.54, 1.807) is 0 Å². The molecule has 0 saturated heterocycles. The molecule has 0 heterocycles. The molecule has 1 amide bonds. The van der Waals surface area contributed by atoms with Gasteiger partial charge in [0.1, 0.15) is 12.6 Å². The highest BCUT2D eigenvalue weighted by Gasteiger charge is 2.32. The SMILES string of the molecule is CC(=O)SCC(C(=O)N[C@H](C(=O)OCc1ccccc1)C(C)C)C(C)c1ccccc1. The summed E-state index contributed by atoms with van der Waals surface area (Å²) >= 11 is 1.13. The Morgan fingerprint density at radius 2 is 1.52 bits per heavy atom. The number of amides is 1. The van der Waals surface area contributed by atoms with Crippen LogP contribution < -0.4 is 5.32 Å². The second-order valence-electron chi connectivity index (χ2n) is 7.93. The van der Waals surface area contributed by atoms with Gasteiger partial charge in [-0.1, -0.05) is 93.2 Å². The van der Waals surface area contributed by atoms with Gasteiger partial charge in [0.15, 0.2) is 5.12 Å². The normalized spacial score (nSPS) is 13.8. The smallest absolute Gasteiger partial charge is 0.329 e. The van der Waals surface area contributed by atoms with Crippen LogP contribution in [0.2, 0.25) is 0 Å². The maximum absolute atomic E-state index is 13.2. The molecule has 6 heteroatoms. The summed E-state index contributed by atoms with van der Waals surface area (Å²) < 4.78 is 5.46. The highest BCUT2D eigenvalue weighted by molar-refractivity contribution is 8.13. The van der Waals surface area contributed by atoms with Gasteiger partial charge in [-0.3, -0.25) is 9.59 Å². The lowest BCUT2D eigenvalue weighted by atomic mass is 9.87. The molecule has 0 bridgehead atoms. The first-order valence-corrected chi connectivity index (χ1v) is 11.5. The molecule has 5 nitrogen and oxygen atoms in total. The third kappa shape index (κ3) is 7.87. The minimum Gasteiger partial charge on any atom is -0.459 e. The fourth-order valence-electron chi connectivity index (χ4n) is 3.22. The zero-order chi connectivity index (χ0) is 22.8. The van der Waals surface area contributed by atoms with E-state index in [1.165, 1.54) is 6.92 Å². The van der Waals surface area contributed by atoms with Crippen LogP contribution in [0.25, 0.3) is 0 Å². The van der Waals surface area contributed by atoms with Gasteiger partial charge in [-0.15, -0.1) is 0 Å². The Bertz CT molecular complexity index is 854. The molecule has 0 aromatic heterocycles. The molecule has 2 aromatic carbocycles. The Balaban J connectivity index is 2.11. The Kier molecular flexibility index (Phi) is 9.79. The first kappa shape index (κ1) is 24.7. The maximum Gasteiger partial charge on any atom is 0.329 e. The molecular weight excluding hydrogens is 410 g/mol. The number of ether oxygens (including phenoxy) is 1. The number of esters is 1. The third-order valence-corrected chi connectivity index (χ3v) is 6.11. The summed E-state index contributed by atoms with van der Waals surface area (Å²) in [5.74, 6) is -1.07. The number of carbonyl (C=O) groups excluding carboxylic acids is 3. The van der Waals surface area contributed by atoms with Gasteiger partial charge in [0, 0.05) is 12.7 Å². The van der Waals surface area contributed by atoms with Crippen molar-refractivity contribution in [3.63, 3.8) is 0 Å². The van der Waals surface area contributed by atoms with Crippen LogP contribution in [0.5, 0.6) is 0 Å². The molecule has 3 atom stereocenters. The van der Waals surface area contributed by atoms with Crippen LogP contribution in [0.4, 0.5) is 0 Å². The lowest BCUT2D eigenvalue weighted by Gasteiger charge is -2.27. The van der Waals surface area contributed by atoms with E-state index in [4.69, 9.17) is 4.74 Å². The second-order valence-corrected chi connectivity index (χ2v) is 9.13. The molecule has 0 aliphatic heterocycles. The zero-order valence-corrected chi connectivity index (χ0v) is 19.4. The molecule has 0 aliphatic rings. The van der Waals surface area contributed by atoms with E-state index >= 15 is 0 Å². The number of benzene rings is 2. The van der Waals surface area contributed by atoms with E-state index in [0.29, 0.717) is 5.75 Å². The molecule has 166 valence electrons. The van der Waals surface area contributed by atoms with Crippen molar-refractivity contribution in [3.05, 3.63) is 71.8 Å². The van der Waals surface area contributed by atoms with Crippen LogP contribution in [-0.4, -0.2) is 28.8 Å². The van der Waals surface area contributed by atoms with Crippen molar-refractivity contribution in [1.29, 1.82) is 0 Å². The quantitative estimate of drug-likeness (QED) is 0.547.